The van der Waals surface area contributed by atoms with Crippen molar-refractivity contribution in [3.05, 3.63) is 52.8 Å². The molecular formula is C19H28N4O. The van der Waals surface area contributed by atoms with Crippen LogP contribution in [-0.2, 0) is 6.54 Å². The van der Waals surface area contributed by atoms with Crippen LogP contribution in [0.3, 0.4) is 0 Å². The van der Waals surface area contributed by atoms with Gasteiger partial charge in [0.1, 0.15) is 0 Å². The molecule has 0 atom stereocenters. The molecule has 24 heavy (non-hydrogen) atoms. The van der Waals surface area contributed by atoms with Crippen LogP contribution in [0.5, 0.6) is 0 Å². The van der Waals surface area contributed by atoms with Crippen molar-refractivity contribution in [2.75, 3.05) is 26.2 Å². The van der Waals surface area contributed by atoms with Crippen LogP contribution >= 0.6 is 0 Å². The van der Waals surface area contributed by atoms with Gasteiger partial charge in [0, 0.05) is 24.3 Å². The monoisotopic (exact) mass is 328 g/mol. The lowest BCUT2D eigenvalue weighted by Crippen LogP contribution is -2.34. The largest absolute Gasteiger partial charge is 0.351 e. The molecule has 0 radical (unpaired) electrons. The van der Waals surface area contributed by atoms with Gasteiger partial charge in [-0.15, -0.1) is 0 Å². The Balaban J connectivity index is 1.89. The molecule has 0 bridgehead atoms. The highest BCUT2D eigenvalue weighted by Crippen LogP contribution is 2.09. The number of aromatic nitrogens is 2. The highest BCUT2D eigenvalue weighted by Gasteiger charge is 2.07. The Labute approximate surface area is 144 Å². The molecule has 5 nitrogen and oxygen atoms in total. The van der Waals surface area contributed by atoms with Gasteiger partial charge in [-0.1, -0.05) is 26.0 Å². The first-order chi connectivity index (χ1) is 11.5. The van der Waals surface area contributed by atoms with Crippen LogP contribution in [0.4, 0.5) is 0 Å². The number of nitrogens with one attached hydrogen (secondary N) is 1. The maximum absolute atomic E-state index is 12.2. The molecule has 1 aromatic heterocycles. The summed E-state index contributed by atoms with van der Waals surface area (Å²) in [5.41, 5.74) is 4.01. The van der Waals surface area contributed by atoms with Crippen LogP contribution in [0, 0.1) is 13.8 Å². The van der Waals surface area contributed by atoms with Crippen molar-refractivity contribution < 1.29 is 4.79 Å². The summed E-state index contributed by atoms with van der Waals surface area (Å²) in [5.74, 6) is -0.0141. The summed E-state index contributed by atoms with van der Waals surface area (Å²) in [6, 6.07) is 9.82. The predicted octanol–water partition coefficient (Wildman–Crippen LogP) is 2.62. The summed E-state index contributed by atoms with van der Waals surface area (Å²) >= 11 is 0. The number of rotatable bonds is 8. The summed E-state index contributed by atoms with van der Waals surface area (Å²) < 4.78 is 1.98. The second kappa shape index (κ2) is 8.64. The fourth-order valence-corrected chi connectivity index (χ4v) is 2.74. The van der Waals surface area contributed by atoms with Gasteiger partial charge in [0.15, 0.2) is 0 Å². The summed E-state index contributed by atoms with van der Waals surface area (Å²) in [6.07, 6.45) is 0. The number of hydrogen-bond donors (Lipinski definition) is 1. The number of likely N-dealkylation sites (N-methyl/N-ethyl adjacent to an activating group) is 1. The van der Waals surface area contributed by atoms with Gasteiger partial charge in [0.25, 0.3) is 5.91 Å². The van der Waals surface area contributed by atoms with Gasteiger partial charge in [-0.3, -0.25) is 9.48 Å². The first kappa shape index (κ1) is 18.2. The Morgan fingerprint density at radius 3 is 2.38 bits per heavy atom. The topological polar surface area (TPSA) is 50.2 Å². The minimum absolute atomic E-state index is 0.0141. The molecule has 0 aliphatic rings. The van der Waals surface area contributed by atoms with E-state index in [9.17, 15) is 4.79 Å². The molecule has 0 saturated carbocycles. The minimum Gasteiger partial charge on any atom is -0.351 e. The van der Waals surface area contributed by atoms with Crippen LogP contribution in [0.25, 0.3) is 0 Å². The fraction of sp³-hybridized carbons (Fsp3) is 0.474. The highest BCUT2D eigenvalue weighted by atomic mass is 16.1. The minimum atomic E-state index is -0.0141. The number of nitrogens with zero attached hydrogens (tertiary/aromatic N) is 3. The number of hydrogen-bond acceptors (Lipinski definition) is 3. The maximum atomic E-state index is 12.2. The average Bonchev–Trinajstić information content (AvgIpc) is 2.89. The molecule has 1 aromatic carbocycles. The lowest BCUT2D eigenvalue weighted by atomic mass is 10.1. The van der Waals surface area contributed by atoms with Crippen molar-refractivity contribution in [3.8, 4) is 0 Å². The molecule has 1 amide bonds. The molecule has 0 saturated heterocycles. The second-order valence-corrected chi connectivity index (χ2v) is 6.06. The number of carbonyl (C=O) groups excluding carboxylic acids is 1. The molecule has 0 unspecified atom stereocenters. The summed E-state index contributed by atoms with van der Waals surface area (Å²) in [6.45, 7) is 12.6. The average molecular weight is 328 g/mol. The van der Waals surface area contributed by atoms with Gasteiger partial charge >= 0.3 is 0 Å². The molecular weight excluding hydrogens is 300 g/mol. The van der Waals surface area contributed by atoms with Crippen LogP contribution < -0.4 is 5.32 Å². The van der Waals surface area contributed by atoms with E-state index in [1.54, 1.807) is 0 Å². The molecule has 1 N–H and O–H groups in total. The van der Waals surface area contributed by atoms with Crippen LogP contribution in [0.15, 0.2) is 30.3 Å². The van der Waals surface area contributed by atoms with E-state index >= 15 is 0 Å². The van der Waals surface area contributed by atoms with E-state index in [-0.39, 0.29) is 5.91 Å². The van der Waals surface area contributed by atoms with Crippen molar-refractivity contribution in [1.82, 2.24) is 20.0 Å². The molecule has 1 heterocycles. The predicted molar refractivity (Wildman–Crippen MR) is 97.4 cm³/mol. The molecule has 2 aromatic rings. The molecule has 130 valence electrons. The number of carbonyl (C=O) groups is 1. The third-order valence-electron chi connectivity index (χ3n) is 4.26. The number of amides is 1. The first-order valence-corrected chi connectivity index (χ1v) is 8.64. The molecule has 5 heteroatoms. The summed E-state index contributed by atoms with van der Waals surface area (Å²) in [7, 11) is 0. The van der Waals surface area contributed by atoms with E-state index in [0.29, 0.717) is 12.1 Å². The van der Waals surface area contributed by atoms with Gasteiger partial charge in [0.2, 0.25) is 0 Å². The lowest BCUT2D eigenvalue weighted by molar-refractivity contribution is 0.0949. The first-order valence-electron chi connectivity index (χ1n) is 8.64. The standard InChI is InChI=1S/C19H28N4O/c1-5-22(6-2)12-11-20-19(24)18-9-7-17(8-10-18)14-23-16(4)13-15(3)21-23/h7-10,13H,5-6,11-12,14H2,1-4H3,(H,20,24). The third kappa shape index (κ3) is 4.93. The van der Waals surface area contributed by atoms with E-state index in [0.717, 1.165) is 43.1 Å². The quantitative estimate of drug-likeness (QED) is 0.810. The number of aryl methyl sites for hydroxylation is 2. The summed E-state index contributed by atoms with van der Waals surface area (Å²) in [4.78, 5) is 14.5. The molecule has 0 fully saturated rings. The molecule has 0 aliphatic heterocycles. The van der Waals surface area contributed by atoms with Crippen LogP contribution in [0.2, 0.25) is 0 Å². The van der Waals surface area contributed by atoms with E-state index in [2.05, 4.69) is 42.2 Å². The van der Waals surface area contributed by atoms with Crippen molar-refractivity contribution in [2.45, 2.75) is 34.2 Å². The zero-order valence-corrected chi connectivity index (χ0v) is 15.2. The van der Waals surface area contributed by atoms with Crippen LogP contribution in [-0.4, -0.2) is 46.8 Å². The zero-order valence-electron chi connectivity index (χ0n) is 15.2. The normalized spacial score (nSPS) is 11.0. The van der Waals surface area contributed by atoms with Crippen molar-refractivity contribution in [1.29, 1.82) is 0 Å². The van der Waals surface area contributed by atoms with Gasteiger partial charge in [-0.05, 0) is 50.7 Å². The molecule has 0 spiro atoms. The maximum Gasteiger partial charge on any atom is 0.251 e. The van der Waals surface area contributed by atoms with Gasteiger partial charge < -0.3 is 10.2 Å². The molecule has 2 rings (SSSR count). The SMILES string of the molecule is CCN(CC)CCNC(=O)c1ccc(Cn2nc(C)cc2C)cc1. The lowest BCUT2D eigenvalue weighted by Gasteiger charge is -2.18. The Morgan fingerprint density at radius 2 is 1.83 bits per heavy atom. The van der Waals surface area contributed by atoms with Gasteiger partial charge in [0.05, 0.1) is 12.2 Å². The third-order valence-corrected chi connectivity index (χ3v) is 4.26. The van der Waals surface area contributed by atoms with E-state index in [1.165, 1.54) is 0 Å². The van der Waals surface area contributed by atoms with Crippen LogP contribution in [0.1, 0.15) is 41.2 Å². The van der Waals surface area contributed by atoms with Crippen molar-refractivity contribution in [3.63, 3.8) is 0 Å². The van der Waals surface area contributed by atoms with Gasteiger partial charge in [-0.25, -0.2) is 0 Å². The smallest absolute Gasteiger partial charge is 0.251 e. The van der Waals surface area contributed by atoms with E-state index in [4.69, 9.17) is 0 Å². The van der Waals surface area contributed by atoms with Crippen molar-refractivity contribution >= 4 is 5.91 Å². The zero-order chi connectivity index (χ0) is 17.5. The molecule has 0 aliphatic carbocycles. The highest BCUT2D eigenvalue weighted by molar-refractivity contribution is 5.94. The Morgan fingerprint density at radius 1 is 1.17 bits per heavy atom. The van der Waals surface area contributed by atoms with E-state index in [1.807, 2.05) is 35.9 Å². The Bertz CT molecular complexity index is 657. The fourth-order valence-electron chi connectivity index (χ4n) is 2.74. The Kier molecular flexibility index (Phi) is 6.55. The summed E-state index contributed by atoms with van der Waals surface area (Å²) in [5, 5.41) is 7.45. The second-order valence-electron chi connectivity index (χ2n) is 6.06. The Hall–Kier alpha value is -2.14. The number of benzene rings is 1. The van der Waals surface area contributed by atoms with Gasteiger partial charge in [-0.2, -0.15) is 5.10 Å². The van der Waals surface area contributed by atoms with E-state index < -0.39 is 0 Å². The van der Waals surface area contributed by atoms with Crippen molar-refractivity contribution in [2.24, 2.45) is 0 Å².